The van der Waals surface area contributed by atoms with Gasteiger partial charge in [-0.1, -0.05) is 6.92 Å². The first-order valence-electron chi connectivity index (χ1n) is 6.54. The van der Waals surface area contributed by atoms with Gasteiger partial charge in [-0.25, -0.2) is 8.42 Å². The molecule has 0 radical (unpaired) electrons. The van der Waals surface area contributed by atoms with Gasteiger partial charge < -0.3 is 4.74 Å². The van der Waals surface area contributed by atoms with Crippen LogP contribution < -0.4 is 4.74 Å². The van der Waals surface area contributed by atoms with Crippen molar-refractivity contribution in [1.82, 2.24) is 4.31 Å². The Morgan fingerprint density at radius 3 is 2.38 bits per heavy atom. The first kappa shape index (κ1) is 16.1. The van der Waals surface area contributed by atoms with Gasteiger partial charge in [-0.05, 0) is 43.0 Å². The fourth-order valence-electron chi connectivity index (χ4n) is 2.33. The van der Waals surface area contributed by atoms with E-state index in [0.29, 0.717) is 13.1 Å². The second-order valence-electron chi connectivity index (χ2n) is 5.13. The zero-order valence-corrected chi connectivity index (χ0v) is 12.2. The Kier molecular flexibility index (Phi) is 4.48. The molecule has 1 unspecified atom stereocenters. The van der Waals surface area contributed by atoms with E-state index < -0.39 is 22.1 Å². The lowest BCUT2D eigenvalue weighted by Gasteiger charge is -2.30. The van der Waals surface area contributed by atoms with Crippen LogP contribution in [0.2, 0.25) is 0 Å². The minimum absolute atomic E-state index is 0.0221. The summed E-state index contributed by atoms with van der Waals surface area (Å²) in [5, 5.41) is 0. The Balaban J connectivity index is 2.17. The molecule has 1 aliphatic rings. The quantitative estimate of drug-likeness (QED) is 0.859. The van der Waals surface area contributed by atoms with Crippen LogP contribution in [0.25, 0.3) is 0 Å². The summed E-state index contributed by atoms with van der Waals surface area (Å²) in [4.78, 5) is -0.0221. The highest BCUT2D eigenvalue weighted by molar-refractivity contribution is 7.89. The summed E-state index contributed by atoms with van der Waals surface area (Å²) >= 11 is 0. The third-order valence-electron chi connectivity index (χ3n) is 3.31. The predicted molar refractivity (Wildman–Crippen MR) is 70.3 cm³/mol. The SMILES string of the molecule is CC1CCCN(S(=O)(=O)c2ccc(OC(F)(F)F)cc2)C1. The zero-order valence-electron chi connectivity index (χ0n) is 11.4. The minimum atomic E-state index is -4.79. The number of rotatable bonds is 3. The largest absolute Gasteiger partial charge is 0.573 e. The van der Waals surface area contributed by atoms with Crippen molar-refractivity contribution in [2.24, 2.45) is 5.92 Å². The number of alkyl halides is 3. The number of nitrogens with zero attached hydrogens (tertiary/aromatic N) is 1. The van der Waals surface area contributed by atoms with Gasteiger partial charge >= 0.3 is 6.36 Å². The molecule has 0 N–H and O–H groups in total. The molecule has 0 amide bonds. The van der Waals surface area contributed by atoms with Gasteiger partial charge in [-0.2, -0.15) is 4.31 Å². The summed E-state index contributed by atoms with van der Waals surface area (Å²) in [5.41, 5.74) is 0. The van der Waals surface area contributed by atoms with E-state index in [1.807, 2.05) is 6.92 Å². The Hall–Kier alpha value is -1.28. The second kappa shape index (κ2) is 5.84. The fraction of sp³-hybridized carbons (Fsp3) is 0.538. The van der Waals surface area contributed by atoms with Crippen molar-refractivity contribution < 1.29 is 26.3 Å². The summed E-state index contributed by atoms with van der Waals surface area (Å²) in [6.07, 6.45) is -3.03. The third-order valence-corrected chi connectivity index (χ3v) is 5.19. The summed E-state index contributed by atoms with van der Waals surface area (Å²) < 4.78 is 66.1. The predicted octanol–water partition coefficient (Wildman–Crippen LogP) is 3.01. The van der Waals surface area contributed by atoms with Crippen molar-refractivity contribution in [3.63, 3.8) is 0 Å². The Bertz CT molecular complexity index is 584. The second-order valence-corrected chi connectivity index (χ2v) is 7.07. The molecule has 2 rings (SSSR count). The molecule has 0 saturated carbocycles. The zero-order chi connectivity index (χ0) is 15.7. The molecule has 1 atom stereocenters. The van der Waals surface area contributed by atoms with Crippen LogP contribution in [0.5, 0.6) is 5.75 Å². The lowest BCUT2D eigenvalue weighted by atomic mass is 10.0. The number of sulfonamides is 1. The van der Waals surface area contributed by atoms with Gasteiger partial charge in [0.2, 0.25) is 10.0 Å². The van der Waals surface area contributed by atoms with Crippen molar-refractivity contribution in [3.8, 4) is 5.75 Å². The van der Waals surface area contributed by atoms with Crippen molar-refractivity contribution in [3.05, 3.63) is 24.3 Å². The van der Waals surface area contributed by atoms with Crippen LogP contribution in [0.15, 0.2) is 29.2 Å². The Labute approximate surface area is 121 Å². The first-order chi connectivity index (χ1) is 9.68. The molecule has 0 spiro atoms. The molecule has 1 aliphatic heterocycles. The molecule has 1 aromatic rings. The molecule has 1 heterocycles. The van der Waals surface area contributed by atoms with Gasteiger partial charge in [0.1, 0.15) is 5.75 Å². The summed E-state index contributed by atoms with van der Waals surface area (Å²) in [5.74, 6) is -0.158. The Morgan fingerprint density at radius 1 is 1.24 bits per heavy atom. The van der Waals surface area contributed by atoms with Gasteiger partial charge in [0.25, 0.3) is 0 Å². The molecule has 1 saturated heterocycles. The highest BCUT2D eigenvalue weighted by atomic mass is 32.2. The van der Waals surface area contributed by atoms with Crippen LogP contribution in [0.3, 0.4) is 0 Å². The molecule has 8 heteroatoms. The van der Waals surface area contributed by atoms with Gasteiger partial charge in [-0.15, -0.1) is 13.2 Å². The van der Waals surface area contributed by atoms with Crippen molar-refractivity contribution in [1.29, 1.82) is 0 Å². The number of hydrogen-bond acceptors (Lipinski definition) is 3. The molecular formula is C13H16F3NO3S. The highest BCUT2D eigenvalue weighted by Gasteiger charge is 2.32. The normalized spacial score (nSPS) is 21.2. The molecule has 0 aliphatic carbocycles. The topological polar surface area (TPSA) is 46.6 Å². The molecular weight excluding hydrogens is 307 g/mol. The van der Waals surface area contributed by atoms with Crippen LogP contribution in [0, 0.1) is 5.92 Å². The fourth-order valence-corrected chi connectivity index (χ4v) is 3.93. The van der Waals surface area contributed by atoms with Gasteiger partial charge in [0.05, 0.1) is 4.90 Å². The molecule has 1 aromatic carbocycles. The van der Waals surface area contributed by atoms with Crippen molar-refractivity contribution in [2.75, 3.05) is 13.1 Å². The highest BCUT2D eigenvalue weighted by Crippen LogP contribution is 2.27. The molecule has 0 bridgehead atoms. The standard InChI is InChI=1S/C13H16F3NO3S/c1-10-3-2-8-17(9-10)21(18,19)12-6-4-11(5-7-12)20-13(14,15)16/h4-7,10H,2-3,8-9H2,1H3. The smallest absolute Gasteiger partial charge is 0.406 e. The van der Waals surface area contributed by atoms with Crippen LogP contribution in [0.1, 0.15) is 19.8 Å². The van der Waals surface area contributed by atoms with E-state index >= 15 is 0 Å². The summed E-state index contributed by atoms with van der Waals surface area (Å²) in [6, 6.07) is 4.28. The van der Waals surface area contributed by atoms with E-state index in [2.05, 4.69) is 4.74 Å². The summed E-state index contributed by atoms with van der Waals surface area (Å²) in [6.45, 7) is 2.85. The molecule has 118 valence electrons. The first-order valence-corrected chi connectivity index (χ1v) is 7.98. The molecule has 1 fully saturated rings. The van der Waals surface area contributed by atoms with Gasteiger partial charge in [-0.3, -0.25) is 0 Å². The van der Waals surface area contributed by atoms with Crippen LogP contribution in [-0.2, 0) is 10.0 Å². The summed E-state index contributed by atoms with van der Waals surface area (Å²) in [7, 11) is -3.66. The van der Waals surface area contributed by atoms with E-state index in [4.69, 9.17) is 0 Å². The van der Waals surface area contributed by atoms with Crippen LogP contribution >= 0.6 is 0 Å². The monoisotopic (exact) mass is 323 g/mol. The van der Waals surface area contributed by atoms with Crippen LogP contribution in [-0.4, -0.2) is 32.2 Å². The van der Waals surface area contributed by atoms with E-state index in [-0.39, 0.29) is 10.8 Å². The third kappa shape index (κ3) is 4.10. The maximum Gasteiger partial charge on any atom is 0.573 e. The average molecular weight is 323 g/mol. The van der Waals surface area contributed by atoms with E-state index in [0.717, 1.165) is 37.1 Å². The van der Waals surface area contributed by atoms with E-state index in [1.54, 1.807) is 0 Å². The van der Waals surface area contributed by atoms with E-state index in [1.165, 1.54) is 4.31 Å². The maximum atomic E-state index is 12.4. The molecule has 4 nitrogen and oxygen atoms in total. The molecule has 21 heavy (non-hydrogen) atoms. The number of halogens is 3. The Morgan fingerprint density at radius 2 is 1.86 bits per heavy atom. The van der Waals surface area contributed by atoms with Crippen molar-refractivity contribution in [2.45, 2.75) is 31.0 Å². The molecule has 0 aromatic heterocycles. The van der Waals surface area contributed by atoms with Crippen LogP contribution in [0.4, 0.5) is 13.2 Å². The number of hydrogen-bond donors (Lipinski definition) is 0. The number of piperidine rings is 1. The average Bonchev–Trinajstić information content (AvgIpc) is 2.37. The number of ether oxygens (including phenoxy) is 1. The van der Waals surface area contributed by atoms with E-state index in [9.17, 15) is 21.6 Å². The van der Waals surface area contributed by atoms with Gasteiger partial charge in [0.15, 0.2) is 0 Å². The lowest BCUT2D eigenvalue weighted by Crippen LogP contribution is -2.39. The number of benzene rings is 1. The van der Waals surface area contributed by atoms with Crippen molar-refractivity contribution >= 4 is 10.0 Å². The minimum Gasteiger partial charge on any atom is -0.406 e. The van der Waals surface area contributed by atoms with Gasteiger partial charge in [0, 0.05) is 13.1 Å². The maximum absolute atomic E-state index is 12.4. The lowest BCUT2D eigenvalue weighted by molar-refractivity contribution is -0.274.